The van der Waals surface area contributed by atoms with E-state index in [4.69, 9.17) is 4.99 Å². The molecule has 0 bridgehead atoms. The van der Waals surface area contributed by atoms with E-state index in [1.165, 1.54) is 37.9 Å². The summed E-state index contributed by atoms with van der Waals surface area (Å²) in [6.45, 7) is 7.36. The van der Waals surface area contributed by atoms with Gasteiger partial charge in [-0.2, -0.15) is 0 Å². The largest absolute Gasteiger partial charge is 0.357 e. The lowest BCUT2D eigenvalue weighted by molar-refractivity contribution is 0.394. The van der Waals surface area contributed by atoms with Gasteiger partial charge in [0, 0.05) is 25.0 Å². The van der Waals surface area contributed by atoms with Crippen molar-refractivity contribution in [2.45, 2.75) is 31.6 Å². The second kappa shape index (κ2) is 9.04. The van der Waals surface area contributed by atoms with Crippen molar-refractivity contribution in [1.29, 1.82) is 0 Å². The van der Waals surface area contributed by atoms with Crippen molar-refractivity contribution < 1.29 is 0 Å². The summed E-state index contributed by atoms with van der Waals surface area (Å²) in [5.74, 6) is 1.72. The fraction of sp³-hybridized carbons (Fsp3) is 0.632. The predicted molar refractivity (Wildman–Crippen MR) is 112 cm³/mol. The molecule has 1 unspecified atom stereocenters. The minimum absolute atomic E-state index is 0. The summed E-state index contributed by atoms with van der Waals surface area (Å²) in [4.78, 5) is 7.29. The highest BCUT2D eigenvalue weighted by Crippen LogP contribution is 2.48. The van der Waals surface area contributed by atoms with Gasteiger partial charge in [-0.3, -0.25) is 4.99 Å². The molecule has 1 atom stereocenters. The molecule has 1 saturated heterocycles. The monoisotopic (exact) mass is 442 g/mol. The first-order valence-electron chi connectivity index (χ1n) is 8.98. The highest BCUT2D eigenvalue weighted by Gasteiger charge is 2.43. The van der Waals surface area contributed by atoms with Crippen LogP contribution in [0.5, 0.6) is 0 Å². The molecule has 4 nitrogen and oxygen atoms in total. The van der Waals surface area contributed by atoms with E-state index in [0.29, 0.717) is 0 Å². The van der Waals surface area contributed by atoms with Gasteiger partial charge in [-0.15, -0.1) is 24.0 Å². The first-order chi connectivity index (χ1) is 11.2. The lowest BCUT2D eigenvalue weighted by Gasteiger charge is -2.17. The molecule has 1 aromatic rings. The van der Waals surface area contributed by atoms with Gasteiger partial charge < -0.3 is 15.5 Å². The number of benzene rings is 1. The summed E-state index contributed by atoms with van der Waals surface area (Å²) in [6, 6.07) is 10.9. The molecule has 1 aliphatic heterocycles. The molecule has 1 saturated carbocycles. The maximum Gasteiger partial charge on any atom is 0.191 e. The summed E-state index contributed by atoms with van der Waals surface area (Å²) < 4.78 is 0. The molecule has 2 fully saturated rings. The maximum absolute atomic E-state index is 4.88. The number of aliphatic imine (C=N–C) groups is 1. The van der Waals surface area contributed by atoms with Crippen molar-refractivity contribution in [3.63, 3.8) is 0 Å². The van der Waals surface area contributed by atoms with Crippen molar-refractivity contribution >= 4 is 29.9 Å². The molecule has 134 valence electrons. The van der Waals surface area contributed by atoms with Crippen molar-refractivity contribution in [2.24, 2.45) is 10.9 Å². The van der Waals surface area contributed by atoms with Gasteiger partial charge in [-0.05, 0) is 51.3 Å². The average molecular weight is 442 g/mol. The zero-order valence-corrected chi connectivity index (χ0v) is 17.3. The smallest absolute Gasteiger partial charge is 0.191 e. The molecule has 3 rings (SSSR count). The van der Waals surface area contributed by atoms with Gasteiger partial charge >= 0.3 is 0 Å². The normalized spacial score (nSPS) is 22.8. The second-order valence-electron chi connectivity index (χ2n) is 7.14. The third-order valence-corrected chi connectivity index (χ3v) is 5.17. The van der Waals surface area contributed by atoms with Crippen LogP contribution in [0, 0.1) is 5.92 Å². The van der Waals surface area contributed by atoms with Crippen LogP contribution in [0.3, 0.4) is 0 Å². The Bertz CT molecular complexity index is 527. The molecule has 5 heteroatoms. The quantitative estimate of drug-likeness (QED) is 0.405. The van der Waals surface area contributed by atoms with Crippen LogP contribution in [0.2, 0.25) is 0 Å². The highest BCUT2D eigenvalue weighted by atomic mass is 127. The molecule has 1 heterocycles. The molecule has 24 heavy (non-hydrogen) atoms. The Morgan fingerprint density at radius 1 is 1.25 bits per heavy atom. The van der Waals surface area contributed by atoms with Crippen LogP contribution < -0.4 is 10.6 Å². The minimum Gasteiger partial charge on any atom is -0.357 e. The molecule has 0 spiro atoms. The van der Waals surface area contributed by atoms with Gasteiger partial charge in [-0.1, -0.05) is 30.3 Å². The van der Waals surface area contributed by atoms with Crippen molar-refractivity contribution in [3.8, 4) is 0 Å². The highest BCUT2D eigenvalue weighted by molar-refractivity contribution is 14.0. The topological polar surface area (TPSA) is 39.7 Å². The van der Waals surface area contributed by atoms with Gasteiger partial charge in [0.2, 0.25) is 0 Å². The lowest BCUT2D eigenvalue weighted by atomic mass is 9.96. The van der Waals surface area contributed by atoms with Crippen molar-refractivity contribution in [1.82, 2.24) is 15.5 Å². The standard InChI is InChI=1S/C19H30N4.HI/c1-3-20-18(21-13-16-9-12-23(2)14-16)22-15-19(10-11-19)17-7-5-4-6-8-17;/h4-8,16H,3,9-15H2,1-2H3,(H2,20,21,22);1H. The number of nitrogens with zero attached hydrogens (tertiary/aromatic N) is 2. The van der Waals surface area contributed by atoms with E-state index in [2.05, 4.69) is 59.8 Å². The molecule has 2 aliphatic rings. The molecular weight excluding hydrogens is 411 g/mol. The van der Waals surface area contributed by atoms with Gasteiger partial charge in [0.1, 0.15) is 0 Å². The number of likely N-dealkylation sites (tertiary alicyclic amines) is 1. The van der Waals surface area contributed by atoms with E-state index >= 15 is 0 Å². The molecular formula is C19H31IN4. The van der Waals surface area contributed by atoms with Crippen LogP contribution >= 0.6 is 24.0 Å². The summed E-state index contributed by atoms with van der Waals surface area (Å²) in [6.07, 6.45) is 3.80. The number of guanidine groups is 1. The Labute approximate surface area is 163 Å². The minimum atomic E-state index is 0. The van der Waals surface area contributed by atoms with E-state index in [-0.39, 0.29) is 29.4 Å². The van der Waals surface area contributed by atoms with E-state index in [1.807, 2.05) is 0 Å². The Morgan fingerprint density at radius 3 is 2.58 bits per heavy atom. The number of hydrogen-bond acceptors (Lipinski definition) is 2. The summed E-state index contributed by atoms with van der Waals surface area (Å²) in [5, 5.41) is 6.94. The van der Waals surface area contributed by atoms with Crippen LogP contribution in [-0.2, 0) is 5.41 Å². The van der Waals surface area contributed by atoms with Gasteiger partial charge in [0.15, 0.2) is 5.96 Å². The first-order valence-corrected chi connectivity index (χ1v) is 8.98. The van der Waals surface area contributed by atoms with Crippen LogP contribution in [0.4, 0.5) is 0 Å². The van der Waals surface area contributed by atoms with E-state index in [1.54, 1.807) is 0 Å². The molecule has 1 aliphatic carbocycles. The average Bonchev–Trinajstić information content (AvgIpc) is 3.26. The SMILES string of the molecule is CCNC(=NCC1(c2ccccc2)CC1)NCC1CCN(C)C1.I. The Balaban J connectivity index is 0.00000208. The summed E-state index contributed by atoms with van der Waals surface area (Å²) >= 11 is 0. The molecule has 0 amide bonds. The first kappa shape index (κ1) is 19.5. The number of hydrogen-bond donors (Lipinski definition) is 2. The van der Waals surface area contributed by atoms with Gasteiger partial charge in [-0.25, -0.2) is 0 Å². The van der Waals surface area contributed by atoms with Crippen LogP contribution in [0.15, 0.2) is 35.3 Å². The second-order valence-corrected chi connectivity index (χ2v) is 7.14. The molecule has 1 aromatic carbocycles. The van der Waals surface area contributed by atoms with Crippen molar-refractivity contribution in [3.05, 3.63) is 35.9 Å². The number of rotatable bonds is 6. The van der Waals surface area contributed by atoms with Crippen LogP contribution in [0.1, 0.15) is 31.7 Å². The van der Waals surface area contributed by atoms with E-state index in [0.717, 1.165) is 31.5 Å². The third-order valence-electron chi connectivity index (χ3n) is 5.17. The Hall–Kier alpha value is -0.820. The molecule has 0 radical (unpaired) electrons. The maximum atomic E-state index is 4.88. The van der Waals surface area contributed by atoms with E-state index < -0.39 is 0 Å². The van der Waals surface area contributed by atoms with Crippen molar-refractivity contribution in [2.75, 3.05) is 39.8 Å². The van der Waals surface area contributed by atoms with Crippen LogP contribution in [0.25, 0.3) is 0 Å². The van der Waals surface area contributed by atoms with Gasteiger partial charge in [0.05, 0.1) is 6.54 Å². The molecule has 2 N–H and O–H groups in total. The zero-order valence-electron chi connectivity index (χ0n) is 14.9. The van der Waals surface area contributed by atoms with Gasteiger partial charge in [0.25, 0.3) is 0 Å². The predicted octanol–water partition coefficient (Wildman–Crippen LogP) is 2.84. The summed E-state index contributed by atoms with van der Waals surface area (Å²) in [5.41, 5.74) is 1.73. The lowest BCUT2D eigenvalue weighted by Crippen LogP contribution is -2.40. The zero-order chi connectivity index (χ0) is 16.1. The molecule has 0 aromatic heterocycles. The fourth-order valence-electron chi connectivity index (χ4n) is 3.49. The Morgan fingerprint density at radius 2 is 2.00 bits per heavy atom. The van der Waals surface area contributed by atoms with E-state index in [9.17, 15) is 0 Å². The number of nitrogens with one attached hydrogen (secondary N) is 2. The number of halogens is 1. The summed E-state index contributed by atoms with van der Waals surface area (Å²) in [7, 11) is 2.20. The van der Waals surface area contributed by atoms with Crippen LogP contribution in [-0.4, -0.2) is 50.6 Å². The third kappa shape index (κ3) is 5.09. The fourth-order valence-corrected chi connectivity index (χ4v) is 3.49. The Kier molecular flexibility index (Phi) is 7.34.